The van der Waals surface area contributed by atoms with Crippen LogP contribution in [0.15, 0.2) is 66.2 Å². The Kier molecular flexibility index (Phi) is 6.26. The number of amides is 1. The molecule has 1 aliphatic rings. The molecule has 0 spiro atoms. The third-order valence-corrected chi connectivity index (χ3v) is 5.66. The summed E-state index contributed by atoms with van der Waals surface area (Å²) in [4.78, 5) is 27.0. The van der Waals surface area contributed by atoms with Crippen LogP contribution in [0.3, 0.4) is 0 Å². The Morgan fingerprint density at radius 3 is 2.41 bits per heavy atom. The molecule has 1 fully saturated rings. The van der Waals surface area contributed by atoms with Crippen molar-refractivity contribution in [1.29, 1.82) is 0 Å². The minimum atomic E-state index is -1.28. The zero-order valence-corrected chi connectivity index (χ0v) is 18.5. The van der Waals surface area contributed by atoms with Gasteiger partial charge in [0.15, 0.2) is 0 Å². The van der Waals surface area contributed by atoms with Crippen LogP contribution < -0.4 is 9.64 Å². The molecule has 2 N–H and O–H groups in total. The quantitative estimate of drug-likeness (QED) is 0.289. The number of hydrogen-bond acceptors (Lipinski definition) is 5. The molecule has 1 atom stereocenters. The van der Waals surface area contributed by atoms with Crippen LogP contribution in [0.5, 0.6) is 11.5 Å². The molecule has 1 heterocycles. The third kappa shape index (κ3) is 4.08. The maximum atomic E-state index is 14.7. The largest absolute Gasteiger partial charge is 0.508 e. The highest BCUT2D eigenvalue weighted by atomic mass is 35.5. The van der Waals surface area contributed by atoms with E-state index >= 15 is 0 Å². The summed E-state index contributed by atoms with van der Waals surface area (Å²) < 4.78 is 33.7. The van der Waals surface area contributed by atoms with Gasteiger partial charge in [-0.2, -0.15) is 0 Å². The first kappa shape index (κ1) is 23.3. The molecule has 0 radical (unpaired) electrons. The maximum Gasteiger partial charge on any atom is 0.300 e. The fraction of sp³-hybridized carbons (Fsp3) is 0.120. The highest BCUT2D eigenvalue weighted by molar-refractivity contribution is 6.52. The molecule has 1 amide bonds. The van der Waals surface area contributed by atoms with Gasteiger partial charge in [-0.3, -0.25) is 14.5 Å². The van der Waals surface area contributed by atoms with E-state index in [-0.39, 0.29) is 27.6 Å². The van der Waals surface area contributed by atoms with Crippen molar-refractivity contribution in [2.45, 2.75) is 13.0 Å². The van der Waals surface area contributed by atoms with Gasteiger partial charge in [0, 0.05) is 11.6 Å². The van der Waals surface area contributed by atoms with Crippen LogP contribution in [0.25, 0.3) is 5.76 Å². The van der Waals surface area contributed by atoms with Crippen molar-refractivity contribution in [3.05, 3.63) is 94.0 Å². The molecule has 6 nitrogen and oxygen atoms in total. The summed E-state index contributed by atoms with van der Waals surface area (Å²) in [6.45, 7) is 2.10. The monoisotopic (exact) mass is 485 g/mol. The van der Waals surface area contributed by atoms with E-state index in [1.165, 1.54) is 36.4 Å². The predicted molar refractivity (Wildman–Crippen MR) is 122 cm³/mol. The minimum Gasteiger partial charge on any atom is -0.508 e. The number of rotatable bonds is 5. The van der Waals surface area contributed by atoms with Gasteiger partial charge in [0.25, 0.3) is 11.7 Å². The first-order chi connectivity index (χ1) is 16.2. The number of nitrogens with zero attached hydrogens (tertiary/aromatic N) is 1. The van der Waals surface area contributed by atoms with Crippen LogP contribution in [0, 0.1) is 11.6 Å². The molecular weight excluding hydrogens is 468 g/mol. The van der Waals surface area contributed by atoms with Gasteiger partial charge in [-0.15, -0.1) is 0 Å². The molecule has 3 aromatic rings. The number of hydrogen-bond donors (Lipinski definition) is 2. The number of carbonyl (C=O) groups is 2. The number of aromatic hydroxyl groups is 1. The number of ketones is 1. The molecule has 1 saturated heterocycles. The van der Waals surface area contributed by atoms with E-state index in [4.69, 9.17) is 16.3 Å². The molecule has 174 valence electrons. The van der Waals surface area contributed by atoms with Crippen molar-refractivity contribution in [2.24, 2.45) is 0 Å². The van der Waals surface area contributed by atoms with Crippen LogP contribution in [0.4, 0.5) is 14.5 Å². The van der Waals surface area contributed by atoms with Gasteiger partial charge in [-0.05, 0) is 55.0 Å². The van der Waals surface area contributed by atoms with Crippen molar-refractivity contribution in [3.8, 4) is 11.5 Å². The highest BCUT2D eigenvalue weighted by Crippen LogP contribution is 2.44. The van der Waals surface area contributed by atoms with Crippen molar-refractivity contribution < 1.29 is 33.3 Å². The summed E-state index contributed by atoms with van der Waals surface area (Å²) in [7, 11) is 0. The summed E-state index contributed by atoms with van der Waals surface area (Å²) in [6, 6.07) is 11.2. The lowest BCUT2D eigenvalue weighted by Crippen LogP contribution is -2.30. The lowest BCUT2D eigenvalue weighted by atomic mass is 9.95. The standard InChI is InChI=1S/C25H18ClF2NO5/c1-2-34-16-8-9-18(26)17(12-16)23(31)21-22(13-3-6-15(30)7-4-13)29(25(33)24(21)32)20-10-5-14(27)11-19(20)28/h3-12,22,30-31H,2H2,1H3/b23-21+. The Morgan fingerprint density at radius 1 is 1.06 bits per heavy atom. The van der Waals surface area contributed by atoms with Crippen molar-refractivity contribution >= 4 is 34.7 Å². The Hall–Kier alpha value is -3.91. The van der Waals surface area contributed by atoms with Crippen molar-refractivity contribution in [3.63, 3.8) is 0 Å². The van der Waals surface area contributed by atoms with E-state index < -0.39 is 35.1 Å². The smallest absolute Gasteiger partial charge is 0.300 e. The number of Topliss-reactive ketones (excluding diaryl/α,β-unsaturated/α-hetero) is 1. The minimum absolute atomic E-state index is 0.0361. The zero-order chi connectivity index (χ0) is 24.6. The summed E-state index contributed by atoms with van der Waals surface area (Å²) >= 11 is 6.27. The summed E-state index contributed by atoms with van der Waals surface area (Å²) in [5.74, 6) is -4.44. The Labute approximate surface area is 198 Å². The van der Waals surface area contributed by atoms with E-state index in [0.29, 0.717) is 24.0 Å². The molecule has 1 unspecified atom stereocenters. The Balaban J connectivity index is 1.97. The van der Waals surface area contributed by atoms with Gasteiger partial charge in [-0.1, -0.05) is 23.7 Å². The molecular formula is C25H18ClF2NO5. The van der Waals surface area contributed by atoms with Crippen molar-refractivity contribution in [1.82, 2.24) is 0 Å². The van der Waals surface area contributed by atoms with Crippen LogP contribution in [-0.2, 0) is 9.59 Å². The van der Waals surface area contributed by atoms with Crippen LogP contribution in [-0.4, -0.2) is 28.5 Å². The van der Waals surface area contributed by atoms with E-state index in [2.05, 4.69) is 0 Å². The van der Waals surface area contributed by atoms with Gasteiger partial charge in [0.05, 0.1) is 28.9 Å². The molecule has 0 saturated carbocycles. The van der Waals surface area contributed by atoms with Gasteiger partial charge in [0.2, 0.25) is 0 Å². The molecule has 9 heteroatoms. The van der Waals surface area contributed by atoms with Gasteiger partial charge >= 0.3 is 0 Å². The molecule has 3 aromatic carbocycles. The predicted octanol–water partition coefficient (Wildman–Crippen LogP) is 5.35. The normalized spacial score (nSPS) is 17.3. The lowest BCUT2D eigenvalue weighted by Gasteiger charge is -2.26. The van der Waals surface area contributed by atoms with Gasteiger partial charge in [0.1, 0.15) is 28.9 Å². The topological polar surface area (TPSA) is 87.1 Å². The number of benzene rings is 3. The number of anilines is 1. The summed E-state index contributed by atoms with van der Waals surface area (Å²) in [5, 5.41) is 21.0. The number of halogens is 3. The van der Waals surface area contributed by atoms with E-state index in [9.17, 15) is 28.6 Å². The first-order valence-corrected chi connectivity index (χ1v) is 10.6. The molecule has 34 heavy (non-hydrogen) atoms. The zero-order valence-electron chi connectivity index (χ0n) is 17.8. The average Bonchev–Trinajstić information content (AvgIpc) is 3.06. The van der Waals surface area contributed by atoms with Crippen LogP contribution >= 0.6 is 11.6 Å². The summed E-state index contributed by atoms with van der Waals surface area (Å²) in [5.41, 5.74) is -0.377. The van der Waals surface area contributed by atoms with Crippen molar-refractivity contribution in [2.75, 3.05) is 11.5 Å². The third-order valence-electron chi connectivity index (χ3n) is 5.33. The molecule has 1 aliphatic heterocycles. The molecule has 0 bridgehead atoms. The number of phenols is 1. The maximum absolute atomic E-state index is 14.7. The Bertz CT molecular complexity index is 1320. The fourth-order valence-corrected chi connectivity index (χ4v) is 4.02. The van der Waals surface area contributed by atoms with Crippen LogP contribution in [0.2, 0.25) is 5.02 Å². The lowest BCUT2D eigenvalue weighted by molar-refractivity contribution is -0.132. The number of phenolic OH excluding ortho intramolecular Hbond substituents is 1. The summed E-state index contributed by atoms with van der Waals surface area (Å²) in [6.07, 6.45) is 0. The SMILES string of the molecule is CCOc1ccc(Cl)c(/C(O)=C2\C(=O)C(=O)N(c3ccc(F)cc3F)C2c2ccc(O)cc2)c1. The number of carbonyl (C=O) groups excluding carboxylic acids is 2. The number of aliphatic hydroxyl groups is 1. The highest BCUT2D eigenvalue weighted by Gasteiger charge is 2.48. The second kappa shape index (κ2) is 9.15. The second-order valence-corrected chi connectivity index (χ2v) is 7.84. The number of ether oxygens (including phenoxy) is 1. The average molecular weight is 486 g/mol. The first-order valence-electron chi connectivity index (χ1n) is 10.2. The Morgan fingerprint density at radius 2 is 1.76 bits per heavy atom. The van der Waals surface area contributed by atoms with Crippen LogP contribution in [0.1, 0.15) is 24.1 Å². The molecule has 4 rings (SSSR count). The van der Waals surface area contributed by atoms with E-state index in [0.717, 1.165) is 17.0 Å². The van der Waals surface area contributed by atoms with Gasteiger partial charge in [-0.25, -0.2) is 8.78 Å². The van der Waals surface area contributed by atoms with E-state index in [1.807, 2.05) is 0 Å². The fourth-order valence-electron chi connectivity index (χ4n) is 3.82. The molecule has 0 aromatic heterocycles. The number of aliphatic hydroxyl groups excluding tert-OH is 1. The second-order valence-electron chi connectivity index (χ2n) is 7.43. The van der Waals surface area contributed by atoms with Gasteiger partial charge < -0.3 is 14.9 Å². The molecule has 0 aliphatic carbocycles. The van der Waals surface area contributed by atoms with E-state index in [1.54, 1.807) is 13.0 Å².